The molecule has 0 bridgehead atoms. The van der Waals surface area contributed by atoms with Crippen LogP contribution in [-0.4, -0.2) is 35.0 Å². The first kappa shape index (κ1) is 13.5. The number of aliphatic hydroxyl groups excluding tert-OH is 1. The van der Waals surface area contributed by atoms with Gasteiger partial charge < -0.3 is 5.11 Å². The Hall–Kier alpha value is -0.900. The maximum Gasteiger partial charge on any atom is 0.233 e. The van der Waals surface area contributed by atoms with Gasteiger partial charge in [0.2, 0.25) is 11.8 Å². The number of aliphatic hydroxyl groups is 1. The number of nitrogens with zero attached hydrogens (tertiary/aromatic N) is 1. The van der Waals surface area contributed by atoms with Crippen LogP contribution in [0, 0.1) is 11.8 Å². The summed E-state index contributed by atoms with van der Waals surface area (Å²) >= 11 is 0. The molecule has 1 saturated carbocycles. The molecular weight excluding hydrogens is 230 g/mol. The van der Waals surface area contributed by atoms with Crippen molar-refractivity contribution in [1.82, 2.24) is 4.90 Å². The highest BCUT2D eigenvalue weighted by Gasteiger charge is 2.47. The molecule has 1 heterocycles. The number of likely N-dealkylation sites (tertiary alicyclic amines) is 1. The molecule has 18 heavy (non-hydrogen) atoms. The molecule has 0 radical (unpaired) electrons. The predicted octanol–water partition coefficient (Wildman–Crippen LogP) is 1.71. The van der Waals surface area contributed by atoms with Gasteiger partial charge in [-0.1, -0.05) is 25.7 Å². The molecular formula is C14H23NO3. The van der Waals surface area contributed by atoms with Crippen molar-refractivity contribution in [2.24, 2.45) is 11.8 Å². The number of fused-ring (bicyclic) bond motifs is 1. The number of rotatable bonds is 6. The number of carbonyl (C=O) groups is 2. The normalized spacial score (nSPS) is 27.7. The quantitative estimate of drug-likeness (QED) is 0.579. The summed E-state index contributed by atoms with van der Waals surface area (Å²) < 4.78 is 0. The Morgan fingerprint density at radius 3 is 2.06 bits per heavy atom. The second kappa shape index (κ2) is 6.32. The zero-order valence-corrected chi connectivity index (χ0v) is 10.9. The molecule has 0 aromatic carbocycles. The van der Waals surface area contributed by atoms with E-state index in [1.165, 1.54) is 4.90 Å². The molecule has 2 aliphatic rings. The minimum Gasteiger partial charge on any atom is -0.396 e. The Labute approximate surface area is 108 Å². The molecule has 1 aliphatic heterocycles. The number of hydrogen-bond acceptors (Lipinski definition) is 3. The van der Waals surface area contributed by atoms with Crippen LogP contribution in [0.1, 0.15) is 51.4 Å². The fraction of sp³-hybridized carbons (Fsp3) is 0.857. The lowest BCUT2D eigenvalue weighted by Gasteiger charge is -2.19. The van der Waals surface area contributed by atoms with Gasteiger partial charge in [0.15, 0.2) is 0 Å². The first-order chi connectivity index (χ1) is 8.75. The predicted molar refractivity (Wildman–Crippen MR) is 67.7 cm³/mol. The number of amides is 2. The number of hydrogen-bond donors (Lipinski definition) is 1. The van der Waals surface area contributed by atoms with E-state index in [1.807, 2.05) is 0 Å². The van der Waals surface area contributed by atoms with Crippen molar-refractivity contribution in [2.75, 3.05) is 13.2 Å². The summed E-state index contributed by atoms with van der Waals surface area (Å²) in [4.78, 5) is 25.8. The molecule has 1 N–H and O–H groups in total. The molecule has 4 nitrogen and oxygen atoms in total. The van der Waals surface area contributed by atoms with E-state index < -0.39 is 0 Å². The zero-order valence-electron chi connectivity index (χ0n) is 10.9. The summed E-state index contributed by atoms with van der Waals surface area (Å²) in [7, 11) is 0. The van der Waals surface area contributed by atoms with Gasteiger partial charge in [-0.3, -0.25) is 14.5 Å². The van der Waals surface area contributed by atoms with E-state index in [-0.39, 0.29) is 30.3 Å². The third kappa shape index (κ3) is 2.74. The van der Waals surface area contributed by atoms with Crippen molar-refractivity contribution in [1.29, 1.82) is 0 Å². The summed E-state index contributed by atoms with van der Waals surface area (Å²) in [5, 5.41) is 8.68. The van der Waals surface area contributed by atoms with Crippen LogP contribution in [-0.2, 0) is 9.59 Å². The topological polar surface area (TPSA) is 57.6 Å². The van der Waals surface area contributed by atoms with Gasteiger partial charge >= 0.3 is 0 Å². The molecule has 1 saturated heterocycles. The van der Waals surface area contributed by atoms with Crippen LogP contribution < -0.4 is 0 Å². The fourth-order valence-corrected chi connectivity index (χ4v) is 3.19. The van der Waals surface area contributed by atoms with Gasteiger partial charge in [0.25, 0.3) is 0 Å². The summed E-state index contributed by atoms with van der Waals surface area (Å²) in [6, 6.07) is 0. The fourth-order valence-electron chi connectivity index (χ4n) is 3.19. The minimum atomic E-state index is -0.0105. The van der Waals surface area contributed by atoms with E-state index in [4.69, 9.17) is 5.11 Å². The number of imide groups is 1. The van der Waals surface area contributed by atoms with Crippen molar-refractivity contribution in [3.8, 4) is 0 Å². The zero-order chi connectivity index (χ0) is 13.0. The number of carbonyl (C=O) groups excluding carboxylic acids is 2. The van der Waals surface area contributed by atoms with E-state index in [9.17, 15) is 9.59 Å². The van der Waals surface area contributed by atoms with Gasteiger partial charge in [-0.25, -0.2) is 0 Å². The monoisotopic (exact) mass is 253 g/mol. The highest BCUT2D eigenvalue weighted by Crippen LogP contribution is 2.38. The lowest BCUT2D eigenvalue weighted by atomic mass is 9.81. The van der Waals surface area contributed by atoms with Crippen molar-refractivity contribution in [3.05, 3.63) is 0 Å². The van der Waals surface area contributed by atoms with Gasteiger partial charge in [0.05, 0.1) is 11.8 Å². The second-order valence-electron chi connectivity index (χ2n) is 5.46. The largest absolute Gasteiger partial charge is 0.396 e. The van der Waals surface area contributed by atoms with Crippen LogP contribution in [0.25, 0.3) is 0 Å². The maximum atomic E-state index is 12.1. The highest BCUT2D eigenvalue weighted by molar-refractivity contribution is 6.05. The van der Waals surface area contributed by atoms with Crippen LogP contribution in [0.2, 0.25) is 0 Å². The molecule has 4 heteroatoms. The summed E-state index contributed by atoms with van der Waals surface area (Å²) in [5.41, 5.74) is 0. The van der Waals surface area contributed by atoms with Gasteiger partial charge in [-0.15, -0.1) is 0 Å². The molecule has 2 atom stereocenters. The third-order valence-electron chi connectivity index (χ3n) is 4.22. The molecule has 102 valence electrons. The van der Waals surface area contributed by atoms with Crippen LogP contribution in [0.5, 0.6) is 0 Å². The Balaban J connectivity index is 1.81. The smallest absolute Gasteiger partial charge is 0.233 e. The van der Waals surface area contributed by atoms with Crippen LogP contribution >= 0.6 is 0 Å². The van der Waals surface area contributed by atoms with Gasteiger partial charge in [-0.2, -0.15) is 0 Å². The molecule has 0 aromatic rings. The summed E-state index contributed by atoms with van der Waals surface area (Å²) in [6.07, 6.45) is 7.61. The average molecular weight is 253 g/mol. The molecule has 0 aromatic heterocycles. The lowest BCUT2D eigenvalue weighted by molar-refractivity contribution is -0.139. The van der Waals surface area contributed by atoms with Crippen LogP contribution in [0.15, 0.2) is 0 Å². The lowest BCUT2D eigenvalue weighted by Crippen LogP contribution is -2.32. The average Bonchev–Trinajstić information content (AvgIpc) is 2.64. The first-order valence-corrected chi connectivity index (χ1v) is 7.22. The molecule has 2 fully saturated rings. The van der Waals surface area contributed by atoms with Crippen molar-refractivity contribution < 1.29 is 14.7 Å². The Morgan fingerprint density at radius 1 is 0.944 bits per heavy atom. The Bertz CT molecular complexity index is 292. The van der Waals surface area contributed by atoms with E-state index in [0.717, 1.165) is 51.4 Å². The molecule has 2 amide bonds. The Morgan fingerprint density at radius 2 is 1.50 bits per heavy atom. The maximum absolute atomic E-state index is 12.1. The van der Waals surface area contributed by atoms with Crippen molar-refractivity contribution in [3.63, 3.8) is 0 Å². The minimum absolute atomic E-state index is 0.0105. The van der Waals surface area contributed by atoms with Crippen LogP contribution in [0.4, 0.5) is 0 Å². The second-order valence-corrected chi connectivity index (χ2v) is 5.46. The van der Waals surface area contributed by atoms with E-state index in [1.54, 1.807) is 0 Å². The third-order valence-corrected chi connectivity index (χ3v) is 4.22. The standard InChI is InChI=1S/C14H23NO3/c16-10-6-2-1-5-9-15-13(17)11-7-3-4-8-12(11)14(15)18/h11-12,16H,1-10H2. The van der Waals surface area contributed by atoms with E-state index in [0.29, 0.717) is 6.54 Å². The summed E-state index contributed by atoms with van der Waals surface area (Å²) in [6.45, 7) is 0.807. The van der Waals surface area contributed by atoms with Crippen LogP contribution in [0.3, 0.4) is 0 Å². The summed E-state index contributed by atoms with van der Waals surface area (Å²) in [5.74, 6) is 0.131. The SMILES string of the molecule is O=C1C2CCCCC2C(=O)N1CCCCCCO. The molecule has 2 unspecified atom stereocenters. The highest BCUT2D eigenvalue weighted by atomic mass is 16.3. The van der Waals surface area contributed by atoms with Crippen molar-refractivity contribution in [2.45, 2.75) is 51.4 Å². The Kier molecular flexibility index (Phi) is 4.75. The first-order valence-electron chi connectivity index (χ1n) is 7.22. The molecule has 0 spiro atoms. The number of unbranched alkanes of at least 4 members (excludes halogenated alkanes) is 3. The molecule has 1 aliphatic carbocycles. The van der Waals surface area contributed by atoms with Gasteiger partial charge in [0, 0.05) is 13.2 Å². The molecule has 2 rings (SSSR count). The van der Waals surface area contributed by atoms with Gasteiger partial charge in [-0.05, 0) is 25.7 Å². The van der Waals surface area contributed by atoms with E-state index in [2.05, 4.69) is 0 Å². The van der Waals surface area contributed by atoms with E-state index >= 15 is 0 Å². The van der Waals surface area contributed by atoms with Crippen molar-refractivity contribution >= 4 is 11.8 Å². The van der Waals surface area contributed by atoms with Gasteiger partial charge in [0.1, 0.15) is 0 Å².